The molecule has 124 valence electrons. The zero-order valence-corrected chi connectivity index (χ0v) is 14.3. The summed E-state index contributed by atoms with van der Waals surface area (Å²) in [6.45, 7) is 2.81. The number of hydrogen-bond donors (Lipinski definition) is 0. The molecule has 6 nitrogen and oxygen atoms in total. The van der Waals surface area contributed by atoms with Gasteiger partial charge in [-0.2, -0.15) is 9.97 Å². The molecule has 3 heterocycles. The van der Waals surface area contributed by atoms with Crippen molar-refractivity contribution in [3.05, 3.63) is 36.1 Å². The van der Waals surface area contributed by atoms with Gasteiger partial charge in [-0.15, -0.1) is 0 Å². The van der Waals surface area contributed by atoms with Crippen molar-refractivity contribution in [2.45, 2.75) is 38.6 Å². The topological polar surface area (TPSA) is 59.7 Å². The molecule has 0 radical (unpaired) electrons. The van der Waals surface area contributed by atoms with Crippen LogP contribution in [0.25, 0.3) is 11.2 Å². The van der Waals surface area contributed by atoms with Crippen LogP contribution in [0.3, 0.4) is 0 Å². The van der Waals surface area contributed by atoms with Gasteiger partial charge in [-0.3, -0.25) is 4.98 Å². The summed E-state index contributed by atoms with van der Waals surface area (Å²) in [5, 5.41) is 0.250. The van der Waals surface area contributed by atoms with Crippen molar-refractivity contribution in [3.63, 3.8) is 0 Å². The molecule has 3 aromatic heterocycles. The van der Waals surface area contributed by atoms with Gasteiger partial charge in [0.1, 0.15) is 0 Å². The van der Waals surface area contributed by atoms with Gasteiger partial charge in [-0.05, 0) is 43.5 Å². The quantitative estimate of drug-likeness (QED) is 0.667. The van der Waals surface area contributed by atoms with Gasteiger partial charge in [0.05, 0.1) is 18.2 Å². The van der Waals surface area contributed by atoms with Crippen molar-refractivity contribution in [1.29, 1.82) is 0 Å². The van der Waals surface area contributed by atoms with Gasteiger partial charge in [0, 0.05) is 18.8 Å². The van der Waals surface area contributed by atoms with E-state index in [1.54, 1.807) is 6.20 Å². The van der Waals surface area contributed by atoms with Crippen LogP contribution in [0.2, 0.25) is 5.28 Å². The number of rotatable bonds is 4. The van der Waals surface area contributed by atoms with Gasteiger partial charge < -0.3 is 9.47 Å². The smallest absolute Gasteiger partial charge is 0.226 e. The number of pyridine rings is 1. The van der Waals surface area contributed by atoms with Crippen LogP contribution in [0.5, 0.6) is 0 Å². The highest BCUT2D eigenvalue weighted by molar-refractivity contribution is 6.28. The molecule has 0 aromatic carbocycles. The highest BCUT2D eigenvalue weighted by Gasteiger charge is 2.23. The first kappa shape index (κ1) is 15.3. The lowest BCUT2D eigenvalue weighted by Gasteiger charge is -2.22. The fourth-order valence-electron chi connectivity index (χ4n) is 3.48. The number of hydrogen-bond acceptors (Lipinski definition) is 5. The number of imidazole rings is 1. The average Bonchev–Trinajstić information content (AvgIpc) is 3.25. The minimum absolute atomic E-state index is 0.250. The van der Waals surface area contributed by atoms with Crippen molar-refractivity contribution in [2.24, 2.45) is 0 Å². The Labute approximate surface area is 145 Å². The van der Waals surface area contributed by atoms with Crippen molar-refractivity contribution in [2.75, 3.05) is 11.4 Å². The van der Waals surface area contributed by atoms with E-state index in [-0.39, 0.29) is 5.28 Å². The normalized spacial score (nSPS) is 15.2. The summed E-state index contributed by atoms with van der Waals surface area (Å²) in [6.07, 6.45) is 10.3. The molecule has 3 aromatic rings. The van der Waals surface area contributed by atoms with Crippen LogP contribution in [-0.2, 0) is 0 Å². The second-order valence-corrected chi connectivity index (χ2v) is 6.37. The first-order valence-electron chi connectivity index (χ1n) is 8.35. The van der Waals surface area contributed by atoms with E-state index >= 15 is 0 Å². The molecule has 0 atom stereocenters. The minimum atomic E-state index is 0.250. The molecule has 1 aliphatic carbocycles. The third-order valence-electron chi connectivity index (χ3n) is 4.62. The molecule has 7 heteroatoms. The van der Waals surface area contributed by atoms with Crippen molar-refractivity contribution in [3.8, 4) is 0 Å². The highest BCUT2D eigenvalue weighted by atomic mass is 35.5. The van der Waals surface area contributed by atoms with Gasteiger partial charge in [0.15, 0.2) is 17.0 Å². The summed E-state index contributed by atoms with van der Waals surface area (Å²) in [5.41, 5.74) is 2.57. The Morgan fingerprint density at radius 3 is 2.83 bits per heavy atom. The number of nitrogens with zero attached hydrogens (tertiary/aromatic N) is 6. The number of anilines is 2. The van der Waals surface area contributed by atoms with E-state index in [2.05, 4.69) is 36.3 Å². The summed E-state index contributed by atoms with van der Waals surface area (Å²) in [7, 11) is 0. The van der Waals surface area contributed by atoms with Crippen LogP contribution in [-0.4, -0.2) is 31.0 Å². The Hall–Kier alpha value is -2.21. The number of halogens is 1. The van der Waals surface area contributed by atoms with E-state index in [9.17, 15) is 0 Å². The number of fused-ring (bicyclic) bond motifs is 1. The monoisotopic (exact) mass is 342 g/mol. The van der Waals surface area contributed by atoms with Crippen molar-refractivity contribution >= 4 is 34.3 Å². The van der Waals surface area contributed by atoms with Crippen LogP contribution in [0.4, 0.5) is 11.5 Å². The number of aromatic nitrogens is 5. The van der Waals surface area contributed by atoms with E-state index < -0.39 is 0 Å². The maximum atomic E-state index is 6.24. The van der Waals surface area contributed by atoms with Crippen LogP contribution in [0.1, 0.15) is 38.6 Å². The zero-order valence-electron chi connectivity index (χ0n) is 13.6. The first-order valence-corrected chi connectivity index (χ1v) is 8.73. The fraction of sp³-hybridized carbons (Fsp3) is 0.412. The third-order valence-corrected chi connectivity index (χ3v) is 4.79. The predicted molar refractivity (Wildman–Crippen MR) is 94.8 cm³/mol. The van der Waals surface area contributed by atoms with E-state index in [0.29, 0.717) is 6.04 Å². The molecule has 0 unspecified atom stereocenters. The molecule has 0 N–H and O–H groups in total. The highest BCUT2D eigenvalue weighted by Crippen LogP contribution is 2.35. The maximum Gasteiger partial charge on any atom is 0.226 e. The maximum absolute atomic E-state index is 6.24. The largest absolute Gasteiger partial charge is 0.323 e. The molecular weight excluding hydrogens is 324 g/mol. The van der Waals surface area contributed by atoms with Crippen LogP contribution in [0.15, 0.2) is 30.9 Å². The third kappa shape index (κ3) is 2.60. The summed E-state index contributed by atoms with van der Waals surface area (Å²) < 4.78 is 2.16. The standard InChI is InChI=1S/C17H19ClN6/c1-2-23(13-8-5-9-19-10-13)15-14-16(22-17(18)21-15)24(11-20-14)12-6-3-4-7-12/h5,8-12H,2-4,6-7H2,1H3. The molecular formula is C17H19ClN6. The summed E-state index contributed by atoms with van der Waals surface area (Å²) in [4.78, 5) is 19.8. The lowest BCUT2D eigenvalue weighted by molar-refractivity contribution is 0.529. The van der Waals surface area contributed by atoms with E-state index in [1.165, 1.54) is 25.7 Å². The zero-order chi connectivity index (χ0) is 16.5. The molecule has 0 bridgehead atoms. The Bertz CT molecular complexity index is 841. The Kier molecular flexibility index (Phi) is 4.06. The molecule has 1 saturated carbocycles. The lowest BCUT2D eigenvalue weighted by Crippen LogP contribution is -2.18. The van der Waals surface area contributed by atoms with Gasteiger partial charge >= 0.3 is 0 Å². The predicted octanol–water partition coefficient (Wildman–Crippen LogP) is 4.15. The Balaban J connectivity index is 1.86. The van der Waals surface area contributed by atoms with Gasteiger partial charge in [-0.25, -0.2) is 4.98 Å². The Morgan fingerprint density at radius 2 is 2.12 bits per heavy atom. The van der Waals surface area contributed by atoms with E-state index in [0.717, 1.165) is 29.2 Å². The lowest BCUT2D eigenvalue weighted by atomic mass is 10.2. The Morgan fingerprint density at radius 1 is 1.29 bits per heavy atom. The first-order chi connectivity index (χ1) is 11.8. The molecule has 0 amide bonds. The summed E-state index contributed by atoms with van der Waals surface area (Å²) in [6, 6.07) is 4.38. The van der Waals surface area contributed by atoms with Crippen molar-refractivity contribution < 1.29 is 0 Å². The molecule has 0 spiro atoms. The molecule has 1 aliphatic rings. The van der Waals surface area contributed by atoms with Crippen molar-refractivity contribution in [1.82, 2.24) is 24.5 Å². The van der Waals surface area contributed by atoms with Crippen LogP contribution in [0, 0.1) is 0 Å². The second kappa shape index (κ2) is 6.36. The molecule has 0 aliphatic heterocycles. The minimum Gasteiger partial charge on any atom is -0.323 e. The fourth-order valence-corrected chi connectivity index (χ4v) is 3.64. The second-order valence-electron chi connectivity index (χ2n) is 6.03. The van der Waals surface area contributed by atoms with Crippen LogP contribution < -0.4 is 4.90 Å². The molecule has 24 heavy (non-hydrogen) atoms. The van der Waals surface area contributed by atoms with E-state index in [4.69, 9.17) is 11.6 Å². The van der Waals surface area contributed by atoms with Gasteiger partial charge in [0.25, 0.3) is 0 Å². The van der Waals surface area contributed by atoms with Gasteiger partial charge in [-0.1, -0.05) is 12.8 Å². The average molecular weight is 343 g/mol. The summed E-state index contributed by atoms with van der Waals surface area (Å²) >= 11 is 6.24. The molecule has 1 fully saturated rings. The van der Waals surface area contributed by atoms with E-state index in [1.807, 2.05) is 24.7 Å². The van der Waals surface area contributed by atoms with Crippen LogP contribution >= 0.6 is 11.6 Å². The summed E-state index contributed by atoms with van der Waals surface area (Å²) in [5.74, 6) is 0.734. The molecule has 4 rings (SSSR count). The van der Waals surface area contributed by atoms with Gasteiger partial charge in [0.2, 0.25) is 5.28 Å². The molecule has 0 saturated heterocycles. The SMILES string of the molecule is CCN(c1cccnc1)c1nc(Cl)nc2c1ncn2C1CCCC1.